The average molecular weight is 475 g/mol. The molecule has 34 heavy (non-hydrogen) atoms. The number of imidazole rings is 1. The van der Waals surface area contributed by atoms with Crippen molar-refractivity contribution in [2.24, 2.45) is 5.92 Å². The average Bonchev–Trinajstić information content (AvgIpc) is 3.12. The zero-order valence-electron chi connectivity index (χ0n) is 18.3. The summed E-state index contributed by atoms with van der Waals surface area (Å²) >= 11 is 1.65. The number of hydrogen-bond donors (Lipinski definition) is 2. The van der Waals surface area contributed by atoms with Crippen molar-refractivity contribution >= 4 is 28.8 Å². The summed E-state index contributed by atoms with van der Waals surface area (Å²) in [5, 5.41) is 10.5. The molecule has 6 rings (SSSR count). The molecule has 172 valence electrons. The molecule has 8 heteroatoms. The highest BCUT2D eigenvalue weighted by Gasteiger charge is 2.46. The summed E-state index contributed by atoms with van der Waals surface area (Å²) in [6.45, 7) is 0. The Morgan fingerprint density at radius 1 is 1.12 bits per heavy atom. The first-order valence-corrected chi connectivity index (χ1v) is 12.3. The Balaban J connectivity index is 1.15. The number of aromatic nitrogens is 2. The fourth-order valence-corrected chi connectivity index (χ4v) is 5.76. The molecule has 0 aliphatic heterocycles. The van der Waals surface area contributed by atoms with Crippen LogP contribution in [0.2, 0.25) is 0 Å². The molecule has 0 unspecified atom stereocenters. The molecule has 1 aromatic carbocycles. The Hall–Kier alpha value is -3.52. The summed E-state index contributed by atoms with van der Waals surface area (Å²) in [6.07, 6.45) is 4.60. The molecule has 0 bridgehead atoms. The molecule has 2 aliphatic rings. The van der Waals surface area contributed by atoms with E-state index in [1.54, 1.807) is 28.0 Å². The van der Waals surface area contributed by atoms with Gasteiger partial charge in [0.2, 0.25) is 11.8 Å². The van der Waals surface area contributed by atoms with Crippen LogP contribution in [0.15, 0.2) is 65.6 Å². The van der Waals surface area contributed by atoms with E-state index in [4.69, 9.17) is 0 Å². The Morgan fingerprint density at radius 2 is 2.00 bits per heavy atom. The van der Waals surface area contributed by atoms with Crippen LogP contribution in [-0.4, -0.2) is 27.2 Å². The lowest BCUT2D eigenvalue weighted by atomic mass is 10.1. The highest BCUT2D eigenvalue weighted by atomic mass is 32.1. The number of amides is 2. The van der Waals surface area contributed by atoms with Gasteiger partial charge in [0.25, 0.3) is 0 Å². The molecule has 1 fully saturated rings. The minimum atomic E-state index is -0.361. The van der Waals surface area contributed by atoms with E-state index in [2.05, 4.69) is 27.1 Å². The van der Waals surface area contributed by atoms with Gasteiger partial charge < -0.3 is 15.0 Å². The second-order valence-electron chi connectivity index (χ2n) is 9.09. The van der Waals surface area contributed by atoms with Gasteiger partial charge in [0.05, 0.1) is 24.2 Å². The zero-order valence-corrected chi connectivity index (χ0v) is 19.1. The smallest absolute Gasteiger partial charge is 0.226 e. The lowest BCUT2D eigenvalue weighted by molar-refractivity contribution is -0.125. The van der Waals surface area contributed by atoms with Crippen LogP contribution in [0.1, 0.15) is 40.8 Å². The Bertz CT molecular complexity index is 1380. The number of halogens is 1. The first-order valence-electron chi connectivity index (χ1n) is 11.4. The molecule has 0 spiro atoms. The minimum Gasteiger partial charge on any atom is -0.350 e. The van der Waals surface area contributed by atoms with Crippen molar-refractivity contribution in [2.75, 3.05) is 0 Å². The summed E-state index contributed by atoms with van der Waals surface area (Å²) in [7, 11) is 0. The van der Waals surface area contributed by atoms with Crippen molar-refractivity contribution in [3.63, 3.8) is 0 Å². The van der Waals surface area contributed by atoms with Crippen LogP contribution < -0.4 is 10.6 Å². The lowest BCUT2D eigenvalue weighted by Crippen LogP contribution is -2.45. The van der Waals surface area contributed by atoms with Crippen LogP contribution in [0.3, 0.4) is 0 Å². The maximum absolute atomic E-state index is 13.5. The predicted octanol–water partition coefficient (Wildman–Crippen LogP) is 3.78. The van der Waals surface area contributed by atoms with Gasteiger partial charge in [-0.05, 0) is 64.4 Å². The first-order chi connectivity index (χ1) is 16.5. The largest absolute Gasteiger partial charge is 0.350 e. The molecule has 1 saturated carbocycles. The van der Waals surface area contributed by atoms with Crippen molar-refractivity contribution in [3.8, 4) is 0 Å². The van der Waals surface area contributed by atoms with Crippen LogP contribution in [-0.2, 0) is 22.4 Å². The third-order valence-electron chi connectivity index (χ3n) is 6.78. The van der Waals surface area contributed by atoms with Gasteiger partial charge in [-0.15, -0.1) is 0 Å². The maximum atomic E-state index is 13.5. The number of carbonyl (C=O) groups excluding carboxylic acids is 2. The third kappa shape index (κ3) is 3.98. The molecule has 3 heterocycles. The number of fused-ring (bicyclic) bond motifs is 2. The summed E-state index contributed by atoms with van der Waals surface area (Å²) in [5.74, 6) is -0.226. The molecule has 6 nitrogen and oxygen atoms in total. The monoisotopic (exact) mass is 474 g/mol. The van der Waals surface area contributed by atoms with Crippen molar-refractivity contribution < 1.29 is 14.0 Å². The normalized spacial score (nSPS) is 23.0. The molecule has 2 aliphatic carbocycles. The number of nitrogens with one attached hydrogen (secondary N) is 2. The van der Waals surface area contributed by atoms with Gasteiger partial charge in [-0.2, -0.15) is 11.3 Å². The zero-order chi connectivity index (χ0) is 23.2. The van der Waals surface area contributed by atoms with Crippen molar-refractivity contribution in [1.82, 2.24) is 20.0 Å². The Labute approximate surface area is 199 Å². The van der Waals surface area contributed by atoms with Gasteiger partial charge in [0, 0.05) is 18.3 Å². The molecule has 4 aromatic rings. The van der Waals surface area contributed by atoms with E-state index in [0.29, 0.717) is 17.8 Å². The number of thiophene rings is 1. The molecule has 0 saturated heterocycles. The second kappa shape index (κ2) is 8.36. The topological polar surface area (TPSA) is 75.5 Å². The highest BCUT2D eigenvalue weighted by molar-refractivity contribution is 7.08. The SMILES string of the molecule is O=C(Cc1cn2cc(F)ccc2n1)N[C@@H]1Cc2ccccc2[C@H]1NC(=O)[C@@H]1C[C@H]1c1ccsc1. The second-order valence-corrected chi connectivity index (χ2v) is 9.87. The first kappa shape index (κ1) is 21.0. The van der Waals surface area contributed by atoms with Gasteiger partial charge in [0.15, 0.2) is 0 Å². The van der Waals surface area contributed by atoms with Gasteiger partial charge >= 0.3 is 0 Å². The molecule has 2 amide bonds. The van der Waals surface area contributed by atoms with Gasteiger partial charge in [0.1, 0.15) is 11.5 Å². The van der Waals surface area contributed by atoms with Crippen LogP contribution in [0, 0.1) is 11.7 Å². The summed E-state index contributed by atoms with van der Waals surface area (Å²) in [5.41, 5.74) is 4.57. The molecular formula is C26H23FN4O2S. The van der Waals surface area contributed by atoms with Crippen LogP contribution in [0.25, 0.3) is 5.65 Å². The maximum Gasteiger partial charge on any atom is 0.226 e. The van der Waals surface area contributed by atoms with Crippen molar-refractivity contribution in [3.05, 3.63) is 93.8 Å². The molecule has 3 aromatic heterocycles. The Kier molecular flexibility index (Phi) is 5.17. The van der Waals surface area contributed by atoms with Gasteiger partial charge in [-0.25, -0.2) is 9.37 Å². The minimum absolute atomic E-state index is 0.0166. The summed E-state index contributed by atoms with van der Waals surface area (Å²) in [4.78, 5) is 30.4. The van der Waals surface area contributed by atoms with Crippen LogP contribution in [0.4, 0.5) is 4.39 Å². The van der Waals surface area contributed by atoms with E-state index < -0.39 is 0 Å². The molecule has 4 atom stereocenters. The predicted molar refractivity (Wildman–Crippen MR) is 127 cm³/mol. The van der Waals surface area contributed by atoms with E-state index in [9.17, 15) is 14.0 Å². The fourth-order valence-electron chi connectivity index (χ4n) is 5.03. The van der Waals surface area contributed by atoms with Gasteiger partial charge in [-0.3, -0.25) is 9.59 Å². The van der Waals surface area contributed by atoms with Crippen LogP contribution >= 0.6 is 11.3 Å². The van der Waals surface area contributed by atoms with E-state index in [1.807, 2.05) is 29.6 Å². The third-order valence-corrected chi connectivity index (χ3v) is 7.48. The quantitative estimate of drug-likeness (QED) is 0.447. The van der Waals surface area contributed by atoms with Crippen molar-refractivity contribution in [2.45, 2.75) is 37.3 Å². The van der Waals surface area contributed by atoms with Crippen molar-refractivity contribution in [1.29, 1.82) is 0 Å². The molecular weight excluding hydrogens is 451 g/mol. The van der Waals surface area contributed by atoms with Gasteiger partial charge in [-0.1, -0.05) is 24.3 Å². The van der Waals surface area contributed by atoms with E-state index >= 15 is 0 Å². The van der Waals surface area contributed by atoms with Crippen LogP contribution in [0.5, 0.6) is 0 Å². The fraction of sp³-hybridized carbons (Fsp3) is 0.269. The summed E-state index contributed by atoms with van der Waals surface area (Å²) < 4.78 is 15.0. The van der Waals surface area contributed by atoms with E-state index in [0.717, 1.165) is 17.5 Å². The number of benzene rings is 1. The Morgan fingerprint density at radius 3 is 2.85 bits per heavy atom. The molecule has 0 radical (unpaired) electrons. The number of hydrogen-bond acceptors (Lipinski definition) is 4. The lowest BCUT2D eigenvalue weighted by Gasteiger charge is -2.23. The number of pyridine rings is 1. The number of rotatable bonds is 6. The standard InChI is InChI=1S/C26H23FN4O2S/c27-17-5-6-23-28-18(13-31(23)12-17)10-24(32)29-22-9-15-3-1-2-4-19(15)25(22)30-26(33)21-11-20(21)16-7-8-34-14-16/h1-8,12-14,20-22,25H,9-11H2,(H,29,32)(H,30,33)/t20-,21+,22+,25+/m0/s1. The highest BCUT2D eigenvalue weighted by Crippen LogP contribution is 2.48. The molecule has 2 N–H and O–H groups in total. The number of nitrogens with zero attached hydrogens (tertiary/aromatic N) is 2. The summed E-state index contributed by atoms with van der Waals surface area (Å²) in [6, 6.07) is 12.5. The number of carbonyl (C=O) groups is 2. The van der Waals surface area contributed by atoms with E-state index in [-0.39, 0.29) is 48.0 Å². The van der Waals surface area contributed by atoms with E-state index in [1.165, 1.54) is 17.8 Å².